The van der Waals surface area contributed by atoms with Crippen LogP contribution in [0.15, 0.2) is 35.5 Å². The largest absolute Gasteiger partial charge is 0.315 e. The number of hydrogen-bond donors (Lipinski definition) is 0. The van der Waals surface area contributed by atoms with E-state index in [-0.39, 0.29) is 11.4 Å². The molecule has 1 heterocycles. The van der Waals surface area contributed by atoms with Crippen LogP contribution in [0.1, 0.15) is 20.8 Å². The molecule has 2 rings (SSSR count). The van der Waals surface area contributed by atoms with Gasteiger partial charge < -0.3 is 4.90 Å². The summed E-state index contributed by atoms with van der Waals surface area (Å²) >= 11 is 1.35. The number of para-hydroxylation sites is 1. The number of amides is 1. The number of anilines is 1. The molecule has 0 aliphatic carbocycles. The second kappa shape index (κ2) is 6.26. The van der Waals surface area contributed by atoms with Gasteiger partial charge in [-0.15, -0.1) is 5.10 Å². The summed E-state index contributed by atoms with van der Waals surface area (Å²) in [5, 5.41) is 12.3. The third-order valence-corrected chi connectivity index (χ3v) is 3.82. The van der Waals surface area contributed by atoms with Crippen LogP contribution in [-0.2, 0) is 10.3 Å². The zero-order valence-corrected chi connectivity index (χ0v) is 13.5. The van der Waals surface area contributed by atoms with Crippen molar-refractivity contribution in [3.8, 4) is 0 Å². The van der Waals surface area contributed by atoms with Gasteiger partial charge in [0, 0.05) is 12.7 Å². The van der Waals surface area contributed by atoms with E-state index in [1.54, 1.807) is 16.6 Å². The summed E-state index contributed by atoms with van der Waals surface area (Å²) in [4.78, 5) is 13.9. The second-order valence-electron chi connectivity index (χ2n) is 5.62. The van der Waals surface area contributed by atoms with Crippen molar-refractivity contribution in [3.05, 3.63) is 30.3 Å². The fraction of sp³-hybridized carbons (Fsp3) is 0.429. The lowest BCUT2D eigenvalue weighted by Crippen LogP contribution is -2.28. The predicted molar refractivity (Wildman–Crippen MR) is 83.4 cm³/mol. The van der Waals surface area contributed by atoms with Crippen LogP contribution in [0.25, 0.3) is 0 Å². The van der Waals surface area contributed by atoms with E-state index in [4.69, 9.17) is 0 Å². The third kappa shape index (κ3) is 3.81. The van der Waals surface area contributed by atoms with Crippen LogP contribution < -0.4 is 4.90 Å². The molecule has 0 aliphatic heterocycles. The van der Waals surface area contributed by atoms with E-state index in [1.165, 1.54) is 11.8 Å². The summed E-state index contributed by atoms with van der Waals surface area (Å²) in [5.74, 6) is 0.302. The average molecular weight is 305 g/mol. The molecule has 112 valence electrons. The minimum atomic E-state index is -0.208. The Bertz CT molecular complexity index is 605. The molecule has 2 aromatic rings. The highest BCUT2D eigenvalue weighted by Gasteiger charge is 2.21. The smallest absolute Gasteiger partial charge is 0.237 e. The van der Waals surface area contributed by atoms with Crippen LogP contribution in [-0.4, -0.2) is 38.9 Å². The molecule has 1 aromatic carbocycles. The second-order valence-corrected chi connectivity index (χ2v) is 6.56. The molecule has 1 amide bonds. The number of aromatic nitrogens is 4. The van der Waals surface area contributed by atoms with Crippen LogP contribution in [0.4, 0.5) is 5.69 Å². The zero-order valence-electron chi connectivity index (χ0n) is 12.6. The maximum absolute atomic E-state index is 12.2. The van der Waals surface area contributed by atoms with Gasteiger partial charge in [0.25, 0.3) is 0 Å². The number of carbonyl (C=O) groups is 1. The van der Waals surface area contributed by atoms with Crippen molar-refractivity contribution < 1.29 is 4.79 Å². The van der Waals surface area contributed by atoms with Gasteiger partial charge in [-0.3, -0.25) is 4.79 Å². The zero-order chi connectivity index (χ0) is 15.5. The number of hydrogen-bond acceptors (Lipinski definition) is 5. The summed E-state index contributed by atoms with van der Waals surface area (Å²) in [5.41, 5.74) is 0.666. The number of thioether (sulfide) groups is 1. The summed E-state index contributed by atoms with van der Waals surface area (Å²) in [6.07, 6.45) is 0. The van der Waals surface area contributed by atoms with Crippen molar-refractivity contribution in [2.24, 2.45) is 0 Å². The number of rotatable bonds is 4. The molecular formula is C14H19N5OS. The molecule has 0 saturated carbocycles. The molecule has 0 saturated heterocycles. The van der Waals surface area contributed by atoms with Gasteiger partial charge in [0.15, 0.2) is 0 Å². The molecule has 1 aromatic heterocycles. The van der Waals surface area contributed by atoms with E-state index in [2.05, 4.69) is 15.5 Å². The van der Waals surface area contributed by atoms with Gasteiger partial charge in [-0.2, -0.15) is 0 Å². The highest BCUT2D eigenvalue weighted by molar-refractivity contribution is 7.99. The van der Waals surface area contributed by atoms with Gasteiger partial charge >= 0.3 is 0 Å². The maximum Gasteiger partial charge on any atom is 0.237 e. The van der Waals surface area contributed by atoms with Crippen LogP contribution in [0, 0.1) is 0 Å². The Hall–Kier alpha value is -1.89. The lowest BCUT2D eigenvalue weighted by molar-refractivity contribution is -0.115. The Morgan fingerprint density at radius 1 is 1.29 bits per heavy atom. The Kier molecular flexibility index (Phi) is 4.62. The molecule has 0 unspecified atom stereocenters. The molecule has 0 bridgehead atoms. The minimum Gasteiger partial charge on any atom is -0.315 e. The van der Waals surface area contributed by atoms with Crippen molar-refractivity contribution in [1.29, 1.82) is 0 Å². The van der Waals surface area contributed by atoms with Crippen molar-refractivity contribution in [2.75, 3.05) is 17.7 Å². The Labute approximate surface area is 128 Å². The lowest BCUT2D eigenvalue weighted by Gasteiger charge is -2.20. The van der Waals surface area contributed by atoms with E-state index in [1.807, 2.05) is 51.1 Å². The quantitative estimate of drug-likeness (QED) is 0.810. The number of benzene rings is 1. The molecule has 7 heteroatoms. The lowest BCUT2D eigenvalue weighted by atomic mass is 10.1. The van der Waals surface area contributed by atoms with Crippen LogP contribution in [0.2, 0.25) is 0 Å². The fourth-order valence-electron chi connectivity index (χ4n) is 1.71. The van der Waals surface area contributed by atoms with E-state index in [0.717, 1.165) is 5.69 Å². The van der Waals surface area contributed by atoms with E-state index in [9.17, 15) is 4.79 Å². The van der Waals surface area contributed by atoms with Gasteiger partial charge in [0.05, 0.1) is 11.3 Å². The van der Waals surface area contributed by atoms with Crippen molar-refractivity contribution in [1.82, 2.24) is 20.2 Å². The first-order valence-corrected chi connectivity index (χ1v) is 7.61. The first-order valence-electron chi connectivity index (χ1n) is 6.63. The van der Waals surface area contributed by atoms with E-state index < -0.39 is 0 Å². The topological polar surface area (TPSA) is 63.9 Å². The average Bonchev–Trinajstić information content (AvgIpc) is 2.93. The monoisotopic (exact) mass is 305 g/mol. The van der Waals surface area contributed by atoms with E-state index in [0.29, 0.717) is 10.9 Å². The molecule has 0 aliphatic rings. The maximum atomic E-state index is 12.2. The number of nitrogens with zero attached hydrogens (tertiary/aromatic N) is 5. The first kappa shape index (κ1) is 15.5. The van der Waals surface area contributed by atoms with Crippen molar-refractivity contribution >= 4 is 23.4 Å². The number of carbonyl (C=O) groups excluding carboxylic acids is 1. The number of tetrazole rings is 1. The first-order chi connectivity index (χ1) is 9.89. The molecule has 0 atom stereocenters. The Balaban J connectivity index is 2.01. The third-order valence-electron chi connectivity index (χ3n) is 2.92. The molecule has 0 fully saturated rings. The molecule has 0 radical (unpaired) electrons. The van der Waals surface area contributed by atoms with Crippen molar-refractivity contribution in [2.45, 2.75) is 31.5 Å². The van der Waals surface area contributed by atoms with Crippen molar-refractivity contribution in [3.63, 3.8) is 0 Å². The van der Waals surface area contributed by atoms with Gasteiger partial charge in [0.1, 0.15) is 0 Å². The highest BCUT2D eigenvalue weighted by Crippen LogP contribution is 2.22. The normalized spacial score (nSPS) is 11.4. The minimum absolute atomic E-state index is 0.00894. The van der Waals surface area contributed by atoms with E-state index >= 15 is 0 Å². The highest BCUT2D eigenvalue weighted by atomic mass is 32.2. The SMILES string of the molecule is CN(C(=O)CSc1nnnn1C(C)(C)C)c1ccccc1. The Morgan fingerprint density at radius 2 is 1.95 bits per heavy atom. The van der Waals surface area contributed by atoms with Crippen LogP contribution >= 0.6 is 11.8 Å². The van der Waals surface area contributed by atoms with Crippen LogP contribution in [0.3, 0.4) is 0 Å². The molecule has 0 N–H and O–H groups in total. The molecular weight excluding hydrogens is 286 g/mol. The summed E-state index contributed by atoms with van der Waals surface area (Å²) in [7, 11) is 1.77. The van der Waals surface area contributed by atoms with Crippen LogP contribution in [0.5, 0.6) is 0 Å². The summed E-state index contributed by atoms with van der Waals surface area (Å²) in [6.45, 7) is 6.06. The predicted octanol–water partition coefficient (Wildman–Crippen LogP) is 2.18. The fourth-order valence-corrected chi connectivity index (χ4v) is 2.68. The van der Waals surface area contributed by atoms with Gasteiger partial charge in [0.2, 0.25) is 11.1 Å². The summed E-state index contributed by atoms with van der Waals surface area (Å²) < 4.78 is 1.73. The standard InChI is InChI=1S/C14H19N5OS/c1-14(2,3)19-13(15-16-17-19)21-10-12(20)18(4)11-8-6-5-7-9-11/h5-9H,10H2,1-4H3. The van der Waals surface area contributed by atoms with Gasteiger partial charge in [-0.1, -0.05) is 30.0 Å². The molecule has 0 spiro atoms. The summed E-state index contributed by atoms with van der Waals surface area (Å²) in [6, 6.07) is 9.55. The molecule has 6 nitrogen and oxygen atoms in total. The van der Waals surface area contributed by atoms with Gasteiger partial charge in [-0.05, 0) is 43.3 Å². The Morgan fingerprint density at radius 3 is 2.57 bits per heavy atom. The van der Waals surface area contributed by atoms with Gasteiger partial charge in [-0.25, -0.2) is 4.68 Å². The molecule has 21 heavy (non-hydrogen) atoms.